The first-order valence-electron chi connectivity index (χ1n) is 6.21. The monoisotopic (exact) mass is 299 g/mol. The predicted molar refractivity (Wildman–Crippen MR) is 74.6 cm³/mol. The SMILES string of the molecule is CC(C)CN(CCC#N)S(=O)(=O)c1ccc(N)c(F)c1. The van der Waals surface area contributed by atoms with Crippen LogP contribution in [0.2, 0.25) is 0 Å². The Kier molecular flexibility index (Phi) is 5.48. The van der Waals surface area contributed by atoms with Gasteiger partial charge in [-0.3, -0.25) is 0 Å². The summed E-state index contributed by atoms with van der Waals surface area (Å²) in [6.45, 7) is 4.11. The average Bonchev–Trinajstić information content (AvgIpc) is 2.37. The van der Waals surface area contributed by atoms with Crippen molar-refractivity contribution in [3.63, 3.8) is 0 Å². The Morgan fingerprint density at radius 1 is 1.45 bits per heavy atom. The van der Waals surface area contributed by atoms with E-state index in [9.17, 15) is 12.8 Å². The van der Waals surface area contributed by atoms with Gasteiger partial charge in [-0.2, -0.15) is 9.57 Å². The number of anilines is 1. The third kappa shape index (κ3) is 3.92. The molecular weight excluding hydrogens is 281 g/mol. The number of nitriles is 1. The normalized spacial score (nSPS) is 11.8. The van der Waals surface area contributed by atoms with Crippen molar-refractivity contribution in [1.82, 2.24) is 4.31 Å². The van der Waals surface area contributed by atoms with Gasteiger partial charge in [-0.25, -0.2) is 12.8 Å². The average molecular weight is 299 g/mol. The molecule has 5 nitrogen and oxygen atoms in total. The molecule has 20 heavy (non-hydrogen) atoms. The van der Waals surface area contributed by atoms with Crippen LogP contribution in [0, 0.1) is 23.1 Å². The second kappa shape index (κ2) is 6.68. The summed E-state index contributed by atoms with van der Waals surface area (Å²) in [6.07, 6.45) is 0.0867. The van der Waals surface area contributed by atoms with Crippen LogP contribution in [0.5, 0.6) is 0 Å². The van der Waals surface area contributed by atoms with E-state index in [4.69, 9.17) is 11.0 Å². The summed E-state index contributed by atoms with van der Waals surface area (Å²) in [6, 6.07) is 5.32. The smallest absolute Gasteiger partial charge is 0.243 e. The van der Waals surface area contributed by atoms with Gasteiger partial charge in [0.25, 0.3) is 0 Å². The summed E-state index contributed by atoms with van der Waals surface area (Å²) < 4.78 is 39.5. The molecule has 0 aromatic heterocycles. The van der Waals surface area contributed by atoms with Gasteiger partial charge in [-0.05, 0) is 24.1 Å². The molecular formula is C13H18FN3O2S. The van der Waals surface area contributed by atoms with Crippen LogP contribution in [0.15, 0.2) is 23.1 Å². The van der Waals surface area contributed by atoms with E-state index < -0.39 is 15.8 Å². The molecule has 0 unspecified atom stereocenters. The molecule has 0 saturated carbocycles. The lowest BCUT2D eigenvalue weighted by Crippen LogP contribution is -2.35. The summed E-state index contributed by atoms with van der Waals surface area (Å²) in [5.41, 5.74) is 5.24. The first-order valence-corrected chi connectivity index (χ1v) is 7.65. The van der Waals surface area contributed by atoms with Gasteiger partial charge in [0.1, 0.15) is 5.82 Å². The molecule has 0 spiro atoms. The summed E-state index contributed by atoms with van der Waals surface area (Å²) in [7, 11) is -3.82. The van der Waals surface area contributed by atoms with Crippen molar-refractivity contribution in [3.8, 4) is 6.07 Å². The largest absolute Gasteiger partial charge is 0.396 e. The highest BCUT2D eigenvalue weighted by Crippen LogP contribution is 2.21. The number of nitrogen functional groups attached to an aromatic ring is 1. The van der Waals surface area contributed by atoms with E-state index in [1.54, 1.807) is 0 Å². The second-order valence-electron chi connectivity index (χ2n) is 4.85. The van der Waals surface area contributed by atoms with E-state index in [1.807, 2.05) is 19.9 Å². The maximum atomic E-state index is 13.4. The van der Waals surface area contributed by atoms with Crippen LogP contribution in [0.1, 0.15) is 20.3 Å². The molecule has 0 aliphatic heterocycles. The summed E-state index contributed by atoms with van der Waals surface area (Å²) in [5.74, 6) is -0.669. The van der Waals surface area contributed by atoms with Crippen LogP contribution >= 0.6 is 0 Å². The highest BCUT2D eigenvalue weighted by Gasteiger charge is 2.25. The maximum absolute atomic E-state index is 13.4. The predicted octanol–water partition coefficient (Wildman–Crippen LogP) is 1.97. The van der Waals surface area contributed by atoms with E-state index in [0.29, 0.717) is 0 Å². The fraction of sp³-hybridized carbons (Fsp3) is 0.462. The third-order valence-electron chi connectivity index (χ3n) is 2.65. The molecule has 0 bridgehead atoms. The van der Waals surface area contributed by atoms with Crippen molar-refractivity contribution in [2.24, 2.45) is 5.92 Å². The molecule has 110 valence electrons. The van der Waals surface area contributed by atoms with E-state index in [0.717, 1.165) is 6.07 Å². The number of nitrogens with two attached hydrogens (primary N) is 1. The van der Waals surface area contributed by atoms with E-state index in [1.165, 1.54) is 16.4 Å². The minimum atomic E-state index is -3.82. The van der Waals surface area contributed by atoms with Crippen LogP contribution in [0.25, 0.3) is 0 Å². The second-order valence-corrected chi connectivity index (χ2v) is 6.79. The molecule has 0 amide bonds. The van der Waals surface area contributed by atoms with E-state index >= 15 is 0 Å². The van der Waals surface area contributed by atoms with Gasteiger partial charge < -0.3 is 5.73 Å². The minimum Gasteiger partial charge on any atom is -0.396 e. The number of sulfonamides is 1. The van der Waals surface area contributed by atoms with Gasteiger partial charge in [0.15, 0.2) is 0 Å². The Labute approximate surface area is 118 Å². The van der Waals surface area contributed by atoms with Gasteiger partial charge in [0.2, 0.25) is 10.0 Å². The van der Waals surface area contributed by atoms with Crippen LogP contribution in [0.3, 0.4) is 0 Å². The van der Waals surface area contributed by atoms with Crippen molar-refractivity contribution in [3.05, 3.63) is 24.0 Å². The van der Waals surface area contributed by atoms with Crippen LogP contribution < -0.4 is 5.73 Å². The topological polar surface area (TPSA) is 87.2 Å². The molecule has 0 heterocycles. The van der Waals surface area contributed by atoms with Crippen molar-refractivity contribution in [2.75, 3.05) is 18.8 Å². The van der Waals surface area contributed by atoms with Crippen LogP contribution in [-0.4, -0.2) is 25.8 Å². The highest BCUT2D eigenvalue weighted by molar-refractivity contribution is 7.89. The molecule has 2 N–H and O–H groups in total. The van der Waals surface area contributed by atoms with E-state index in [2.05, 4.69) is 0 Å². The lowest BCUT2D eigenvalue weighted by molar-refractivity contribution is 0.372. The summed E-state index contributed by atoms with van der Waals surface area (Å²) in [5, 5.41) is 8.62. The van der Waals surface area contributed by atoms with Gasteiger partial charge in [-0.1, -0.05) is 13.8 Å². The fourth-order valence-corrected chi connectivity index (χ4v) is 3.33. The number of hydrogen-bond acceptors (Lipinski definition) is 4. The Morgan fingerprint density at radius 3 is 2.60 bits per heavy atom. The fourth-order valence-electron chi connectivity index (χ4n) is 1.71. The van der Waals surface area contributed by atoms with Crippen molar-refractivity contribution < 1.29 is 12.8 Å². The molecule has 1 aromatic rings. The van der Waals surface area contributed by atoms with Gasteiger partial charge in [-0.15, -0.1) is 0 Å². The van der Waals surface area contributed by atoms with Gasteiger partial charge in [0.05, 0.1) is 16.7 Å². The molecule has 1 rings (SSSR count). The number of benzene rings is 1. The molecule has 0 atom stereocenters. The van der Waals surface area contributed by atoms with Gasteiger partial charge >= 0.3 is 0 Å². The number of nitrogens with zero attached hydrogens (tertiary/aromatic N) is 2. The maximum Gasteiger partial charge on any atom is 0.243 e. The zero-order valence-electron chi connectivity index (χ0n) is 11.5. The van der Waals surface area contributed by atoms with Crippen molar-refractivity contribution in [2.45, 2.75) is 25.2 Å². The van der Waals surface area contributed by atoms with Crippen LogP contribution in [-0.2, 0) is 10.0 Å². The lowest BCUT2D eigenvalue weighted by Gasteiger charge is -2.23. The molecule has 0 radical (unpaired) electrons. The standard InChI is InChI=1S/C13H18FN3O2S/c1-10(2)9-17(7-3-6-15)20(18,19)11-4-5-13(16)12(14)8-11/h4-5,8,10H,3,7,9,16H2,1-2H3. The third-order valence-corrected chi connectivity index (χ3v) is 4.51. The Hall–Kier alpha value is -1.65. The van der Waals surface area contributed by atoms with Gasteiger partial charge in [0, 0.05) is 19.5 Å². The number of rotatable bonds is 6. The zero-order chi connectivity index (χ0) is 15.3. The molecule has 7 heteroatoms. The quantitative estimate of drug-likeness (QED) is 0.813. The number of halogens is 1. The highest BCUT2D eigenvalue weighted by atomic mass is 32.2. The molecule has 0 fully saturated rings. The lowest BCUT2D eigenvalue weighted by atomic mass is 10.2. The first kappa shape index (κ1) is 16.4. The molecule has 0 saturated heterocycles. The molecule has 1 aromatic carbocycles. The number of hydrogen-bond donors (Lipinski definition) is 1. The summed E-state index contributed by atoms with van der Waals surface area (Å²) in [4.78, 5) is -0.150. The van der Waals surface area contributed by atoms with E-state index in [-0.39, 0.29) is 36.0 Å². The Morgan fingerprint density at radius 2 is 2.10 bits per heavy atom. The summed E-state index contributed by atoms with van der Waals surface area (Å²) >= 11 is 0. The van der Waals surface area contributed by atoms with Crippen molar-refractivity contribution >= 4 is 15.7 Å². The molecule has 0 aliphatic rings. The van der Waals surface area contributed by atoms with Crippen molar-refractivity contribution in [1.29, 1.82) is 5.26 Å². The van der Waals surface area contributed by atoms with Crippen LogP contribution in [0.4, 0.5) is 10.1 Å². The minimum absolute atomic E-state index is 0.0863. The molecule has 0 aliphatic carbocycles. The Balaban J connectivity index is 3.14. The Bertz CT molecular complexity index is 609. The first-order chi connectivity index (χ1) is 9.28. The zero-order valence-corrected chi connectivity index (χ0v) is 12.3.